The van der Waals surface area contributed by atoms with Crippen LogP contribution in [0.4, 0.5) is 0 Å². The van der Waals surface area contributed by atoms with Gasteiger partial charge in [0.2, 0.25) is 5.88 Å². The van der Waals surface area contributed by atoms with E-state index in [4.69, 9.17) is 9.47 Å². The predicted molar refractivity (Wildman–Crippen MR) is 123 cm³/mol. The van der Waals surface area contributed by atoms with Gasteiger partial charge in [0.25, 0.3) is 11.8 Å². The molecule has 3 rings (SSSR count). The summed E-state index contributed by atoms with van der Waals surface area (Å²) in [7, 11) is 3.21. The molecule has 0 saturated carbocycles. The van der Waals surface area contributed by atoms with Crippen LogP contribution in [0.15, 0.2) is 30.9 Å². The lowest BCUT2D eigenvalue weighted by atomic mass is 10.00. The number of aromatic nitrogens is 3. The number of rotatable bonds is 6. The van der Waals surface area contributed by atoms with Gasteiger partial charge in [-0.1, -0.05) is 18.8 Å². The number of nitrogens with zero attached hydrogens (tertiary/aromatic N) is 5. The molecular weight excluding hydrogens is 438 g/mol. The lowest BCUT2D eigenvalue weighted by molar-refractivity contribution is 0.0312. The van der Waals surface area contributed by atoms with Crippen molar-refractivity contribution in [3.8, 4) is 17.7 Å². The monoisotopic (exact) mass is 467 g/mol. The highest BCUT2D eigenvalue weighted by Gasteiger charge is 2.34. The van der Waals surface area contributed by atoms with Crippen molar-refractivity contribution >= 4 is 11.8 Å². The third-order valence-corrected chi connectivity index (χ3v) is 5.55. The highest BCUT2D eigenvalue weighted by Crippen LogP contribution is 2.27. The maximum Gasteiger partial charge on any atom is 0.273 e. The van der Waals surface area contributed by atoms with Crippen LogP contribution >= 0.6 is 0 Å². The van der Waals surface area contributed by atoms with Gasteiger partial charge in [-0.3, -0.25) is 14.6 Å². The standard InChI is InChI=1S/C24H29N5O5/c1-16-13-29(17(2)15-30)23(31)19-10-18(6-5-9-33-4)11-27-22(19)34-21(16)14-28(3)24(32)20-12-25-7-8-26-20/h7-8,10-12,16-17,21,30H,9,13-15H2,1-4H3/t16-,17-,21+/m0/s1. The fraction of sp³-hybridized carbons (Fsp3) is 0.458. The van der Waals surface area contributed by atoms with E-state index in [0.29, 0.717) is 12.1 Å². The molecule has 3 atom stereocenters. The van der Waals surface area contributed by atoms with Crippen molar-refractivity contribution in [2.45, 2.75) is 26.0 Å². The van der Waals surface area contributed by atoms with E-state index in [9.17, 15) is 14.7 Å². The van der Waals surface area contributed by atoms with E-state index in [1.807, 2.05) is 6.92 Å². The fourth-order valence-corrected chi connectivity index (χ4v) is 3.56. The molecule has 0 radical (unpaired) electrons. The van der Waals surface area contributed by atoms with Gasteiger partial charge in [0.05, 0.1) is 25.4 Å². The van der Waals surface area contributed by atoms with Gasteiger partial charge in [-0.05, 0) is 13.0 Å². The SMILES string of the molecule is COCC#Cc1cnc2c(c1)C(=O)N([C@@H](C)CO)C[C@H](C)[C@@H](CN(C)C(=O)c1cnccn1)O2. The Morgan fingerprint density at radius 2 is 2.18 bits per heavy atom. The topological polar surface area (TPSA) is 118 Å². The van der Waals surface area contributed by atoms with Crippen LogP contribution in [-0.4, -0.2) is 94.3 Å². The minimum atomic E-state index is -0.469. The fourth-order valence-electron chi connectivity index (χ4n) is 3.56. The van der Waals surface area contributed by atoms with Gasteiger partial charge >= 0.3 is 0 Å². The van der Waals surface area contributed by atoms with Gasteiger partial charge in [-0.25, -0.2) is 9.97 Å². The summed E-state index contributed by atoms with van der Waals surface area (Å²) in [5.74, 6) is 5.17. The first-order chi connectivity index (χ1) is 16.3. The van der Waals surface area contributed by atoms with Crippen LogP contribution in [-0.2, 0) is 4.74 Å². The van der Waals surface area contributed by atoms with Crippen molar-refractivity contribution < 1.29 is 24.2 Å². The molecule has 0 aliphatic carbocycles. The Balaban J connectivity index is 1.93. The van der Waals surface area contributed by atoms with Gasteiger partial charge in [-0.2, -0.15) is 0 Å². The molecule has 2 amide bonds. The highest BCUT2D eigenvalue weighted by atomic mass is 16.5. The second-order valence-electron chi connectivity index (χ2n) is 8.21. The number of methoxy groups -OCH3 is 1. The summed E-state index contributed by atoms with van der Waals surface area (Å²) in [6.45, 7) is 4.35. The number of likely N-dealkylation sites (N-methyl/N-ethyl adjacent to an activating group) is 1. The first-order valence-electron chi connectivity index (χ1n) is 10.9. The first-order valence-corrected chi connectivity index (χ1v) is 10.9. The molecule has 180 valence electrons. The molecule has 34 heavy (non-hydrogen) atoms. The number of carbonyl (C=O) groups excluding carboxylic acids is 2. The Hall–Kier alpha value is -3.55. The van der Waals surface area contributed by atoms with Gasteiger partial charge in [0.1, 0.15) is 24.0 Å². The summed E-state index contributed by atoms with van der Waals surface area (Å²) in [6, 6.07) is 1.22. The van der Waals surface area contributed by atoms with Gasteiger partial charge in [0.15, 0.2) is 0 Å². The Kier molecular flexibility index (Phi) is 8.51. The summed E-state index contributed by atoms with van der Waals surface area (Å²) in [5.41, 5.74) is 1.03. The average molecular weight is 468 g/mol. The van der Waals surface area contributed by atoms with Crippen molar-refractivity contribution in [2.24, 2.45) is 5.92 Å². The Labute approximate surface area is 198 Å². The Morgan fingerprint density at radius 3 is 2.85 bits per heavy atom. The molecule has 3 heterocycles. The number of ether oxygens (including phenoxy) is 2. The zero-order chi connectivity index (χ0) is 24.7. The summed E-state index contributed by atoms with van der Waals surface area (Å²) >= 11 is 0. The molecule has 1 N–H and O–H groups in total. The maximum atomic E-state index is 13.4. The third kappa shape index (κ3) is 5.87. The van der Waals surface area contributed by atoms with Crippen LogP contribution in [0, 0.1) is 17.8 Å². The molecule has 0 aromatic carbocycles. The molecular formula is C24H29N5O5. The molecule has 2 aromatic heterocycles. The number of aliphatic hydroxyl groups excluding tert-OH is 1. The van der Waals surface area contributed by atoms with Crippen molar-refractivity contribution in [1.29, 1.82) is 0 Å². The lowest BCUT2D eigenvalue weighted by Crippen LogP contribution is -2.50. The zero-order valence-corrected chi connectivity index (χ0v) is 19.8. The normalized spacial score (nSPS) is 18.5. The molecule has 0 spiro atoms. The quantitative estimate of drug-likeness (QED) is 0.622. The molecule has 0 bridgehead atoms. The minimum Gasteiger partial charge on any atom is -0.472 e. The number of carbonyl (C=O) groups is 2. The molecule has 0 fully saturated rings. The van der Waals surface area contributed by atoms with Gasteiger partial charge < -0.3 is 24.4 Å². The number of hydrogen-bond acceptors (Lipinski definition) is 8. The largest absolute Gasteiger partial charge is 0.472 e. The van der Waals surface area contributed by atoms with E-state index < -0.39 is 12.1 Å². The lowest BCUT2D eigenvalue weighted by Gasteiger charge is -2.37. The smallest absolute Gasteiger partial charge is 0.273 e. The molecule has 1 aliphatic rings. The first kappa shape index (κ1) is 25.1. The van der Waals surface area contributed by atoms with Gasteiger partial charge in [-0.15, -0.1) is 0 Å². The van der Waals surface area contributed by atoms with Crippen LogP contribution in [0.5, 0.6) is 5.88 Å². The number of hydrogen-bond donors (Lipinski definition) is 1. The summed E-state index contributed by atoms with van der Waals surface area (Å²) in [5, 5.41) is 9.77. The second kappa shape index (κ2) is 11.5. The van der Waals surface area contributed by atoms with E-state index in [2.05, 4.69) is 26.8 Å². The van der Waals surface area contributed by atoms with Crippen LogP contribution in [0.3, 0.4) is 0 Å². The highest BCUT2D eigenvalue weighted by molar-refractivity contribution is 5.97. The third-order valence-electron chi connectivity index (χ3n) is 5.55. The predicted octanol–water partition coefficient (Wildman–Crippen LogP) is 0.862. The van der Waals surface area contributed by atoms with Crippen molar-refractivity contribution in [2.75, 3.05) is 40.5 Å². The number of amides is 2. The van der Waals surface area contributed by atoms with E-state index >= 15 is 0 Å². The average Bonchev–Trinajstić information content (AvgIpc) is 2.86. The summed E-state index contributed by atoms with van der Waals surface area (Å²) < 4.78 is 11.1. The number of aliphatic hydroxyl groups is 1. The van der Waals surface area contributed by atoms with Crippen LogP contribution in [0.2, 0.25) is 0 Å². The molecule has 2 aromatic rings. The van der Waals surface area contributed by atoms with Crippen LogP contribution in [0.1, 0.15) is 40.3 Å². The minimum absolute atomic E-state index is 0.161. The molecule has 0 saturated heterocycles. The number of fused-ring (bicyclic) bond motifs is 1. The summed E-state index contributed by atoms with van der Waals surface area (Å²) in [4.78, 5) is 41.7. The van der Waals surface area contributed by atoms with Crippen LogP contribution < -0.4 is 4.74 Å². The number of pyridine rings is 1. The van der Waals surface area contributed by atoms with E-state index in [0.717, 1.165) is 0 Å². The molecule has 0 unspecified atom stereocenters. The van der Waals surface area contributed by atoms with Crippen molar-refractivity contribution in [3.63, 3.8) is 0 Å². The van der Waals surface area contributed by atoms with Gasteiger partial charge in [0, 0.05) is 50.8 Å². The Bertz CT molecular complexity index is 1070. The van der Waals surface area contributed by atoms with E-state index in [1.165, 1.54) is 29.7 Å². The zero-order valence-electron chi connectivity index (χ0n) is 19.8. The second-order valence-corrected chi connectivity index (χ2v) is 8.21. The van der Waals surface area contributed by atoms with Crippen molar-refractivity contribution in [1.82, 2.24) is 24.8 Å². The Morgan fingerprint density at radius 1 is 1.38 bits per heavy atom. The molecule has 10 nitrogen and oxygen atoms in total. The van der Waals surface area contributed by atoms with E-state index in [1.54, 1.807) is 32.0 Å². The molecule has 10 heteroatoms. The molecule has 1 aliphatic heterocycles. The summed E-state index contributed by atoms with van der Waals surface area (Å²) in [6.07, 6.45) is 5.44. The maximum absolute atomic E-state index is 13.4. The van der Waals surface area contributed by atoms with Crippen LogP contribution in [0.25, 0.3) is 0 Å². The van der Waals surface area contributed by atoms with E-state index in [-0.39, 0.29) is 54.6 Å². The van der Waals surface area contributed by atoms with Crippen molar-refractivity contribution in [3.05, 3.63) is 47.7 Å².